The van der Waals surface area contributed by atoms with Gasteiger partial charge in [-0.3, -0.25) is 0 Å². The predicted molar refractivity (Wildman–Crippen MR) is 78.3 cm³/mol. The molecule has 4 nitrogen and oxygen atoms in total. The monoisotopic (exact) mass is 259 g/mol. The standard InChI is InChI=1S/C15H21N3O/c1-5-18-11(4)17-14(15(18)16)12-7-6-8-13(9-12)19-10(2)3/h6-10H,5,16H2,1-4H3. The summed E-state index contributed by atoms with van der Waals surface area (Å²) < 4.78 is 7.71. The summed E-state index contributed by atoms with van der Waals surface area (Å²) in [5.41, 5.74) is 7.98. The van der Waals surface area contributed by atoms with Gasteiger partial charge in [0.25, 0.3) is 0 Å². The van der Waals surface area contributed by atoms with Crippen molar-refractivity contribution in [2.75, 3.05) is 5.73 Å². The number of hydrogen-bond acceptors (Lipinski definition) is 3. The quantitative estimate of drug-likeness (QED) is 0.917. The maximum absolute atomic E-state index is 6.16. The largest absolute Gasteiger partial charge is 0.491 e. The third-order valence-corrected chi connectivity index (χ3v) is 2.99. The lowest BCUT2D eigenvalue weighted by molar-refractivity contribution is 0.242. The van der Waals surface area contributed by atoms with Crippen molar-refractivity contribution < 1.29 is 4.74 Å². The minimum absolute atomic E-state index is 0.155. The van der Waals surface area contributed by atoms with E-state index in [-0.39, 0.29) is 6.10 Å². The first-order valence-electron chi connectivity index (χ1n) is 6.62. The average molecular weight is 259 g/mol. The molecule has 0 aliphatic carbocycles. The Morgan fingerprint density at radius 1 is 1.37 bits per heavy atom. The van der Waals surface area contributed by atoms with Crippen molar-refractivity contribution in [3.05, 3.63) is 30.1 Å². The minimum Gasteiger partial charge on any atom is -0.491 e. The van der Waals surface area contributed by atoms with Crippen molar-refractivity contribution in [2.45, 2.75) is 40.3 Å². The summed E-state index contributed by atoms with van der Waals surface area (Å²) in [7, 11) is 0. The minimum atomic E-state index is 0.155. The second-order valence-electron chi connectivity index (χ2n) is 4.83. The summed E-state index contributed by atoms with van der Waals surface area (Å²) in [5, 5.41) is 0. The van der Waals surface area contributed by atoms with Gasteiger partial charge in [-0.05, 0) is 39.8 Å². The molecule has 1 heterocycles. The van der Waals surface area contributed by atoms with Gasteiger partial charge in [-0.2, -0.15) is 0 Å². The Kier molecular flexibility index (Phi) is 3.79. The normalized spacial score (nSPS) is 11.0. The smallest absolute Gasteiger partial charge is 0.131 e. The SMILES string of the molecule is CCn1c(C)nc(-c2cccc(OC(C)C)c2)c1N. The second-order valence-corrected chi connectivity index (χ2v) is 4.83. The molecule has 4 heteroatoms. The van der Waals surface area contributed by atoms with Gasteiger partial charge in [-0.25, -0.2) is 4.98 Å². The Morgan fingerprint density at radius 2 is 2.11 bits per heavy atom. The molecule has 0 amide bonds. The van der Waals surface area contributed by atoms with E-state index in [0.717, 1.165) is 29.4 Å². The van der Waals surface area contributed by atoms with Crippen molar-refractivity contribution in [2.24, 2.45) is 0 Å². The topological polar surface area (TPSA) is 53.1 Å². The summed E-state index contributed by atoms with van der Waals surface area (Å²) >= 11 is 0. The number of hydrogen-bond donors (Lipinski definition) is 1. The Bertz CT molecular complexity index is 573. The van der Waals surface area contributed by atoms with Crippen LogP contribution in [0.1, 0.15) is 26.6 Å². The molecule has 0 unspecified atom stereocenters. The summed E-state index contributed by atoms with van der Waals surface area (Å²) in [6.45, 7) is 8.88. The number of nitrogens with two attached hydrogens (primary N) is 1. The number of anilines is 1. The molecule has 102 valence electrons. The van der Waals surface area contributed by atoms with Gasteiger partial charge in [-0.1, -0.05) is 12.1 Å². The molecule has 0 spiro atoms. The van der Waals surface area contributed by atoms with Gasteiger partial charge in [0.2, 0.25) is 0 Å². The lowest BCUT2D eigenvalue weighted by atomic mass is 10.1. The van der Waals surface area contributed by atoms with Crippen LogP contribution < -0.4 is 10.5 Å². The highest BCUT2D eigenvalue weighted by molar-refractivity contribution is 5.72. The number of nitrogen functional groups attached to an aromatic ring is 1. The van der Waals surface area contributed by atoms with E-state index in [1.54, 1.807) is 0 Å². The van der Waals surface area contributed by atoms with Crippen LogP contribution in [0.15, 0.2) is 24.3 Å². The van der Waals surface area contributed by atoms with Crippen LogP contribution in [0.25, 0.3) is 11.3 Å². The van der Waals surface area contributed by atoms with Crippen LogP contribution in [-0.4, -0.2) is 15.7 Å². The van der Waals surface area contributed by atoms with E-state index in [9.17, 15) is 0 Å². The summed E-state index contributed by atoms with van der Waals surface area (Å²) in [6.07, 6.45) is 0.155. The van der Waals surface area contributed by atoms with Gasteiger partial charge in [-0.15, -0.1) is 0 Å². The second kappa shape index (κ2) is 5.34. The fourth-order valence-electron chi connectivity index (χ4n) is 2.18. The van der Waals surface area contributed by atoms with Crippen LogP contribution in [0.2, 0.25) is 0 Å². The van der Waals surface area contributed by atoms with Gasteiger partial charge in [0.15, 0.2) is 0 Å². The highest BCUT2D eigenvalue weighted by Gasteiger charge is 2.13. The number of imidazole rings is 1. The third kappa shape index (κ3) is 2.72. The van der Waals surface area contributed by atoms with E-state index in [1.165, 1.54) is 0 Å². The fourth-order valence-corrected chi connectivity index (χ4v) is 2.18. The van der Waals surface area contributed by atoms with Crippen LogP contribution in [0.5, 0.6) is 5.75 Å². The summed E-state index contributed by atoms with van der Waals surface area (Å²) in [4.78, 5) is 4.55. The number of ether oxygens (including phenoxy) is 1. The fraction of sp³-hybridized carbons (Fsp3) is 0.400. The van der Waals surface area contributed by atoms with Crippen molar-refractivity contribution >= 4 is 5.82 Å². The number of nitrogens with zero attached hydrogens (tertiary/aromatic N) is 2. The Labute approximate surface area is 114 Å². The number of rotatable bonds is 4. The Hall–Kier alpha value is -1.97. The van der Waals surface area contributed by atoms with Gasteiger partial charge in [0.1, 0.15) is 23.1 Å². The molecule has 1 aromatic heterocycles. The molecule has 2 aromatic rings. The van der Waals surface area contributed by atoms with E-state index in [2.05, 4.69) is 11.9 Å². The lowest BCUT2D eigenvalue weighted by Crippen LogP contribution is -2.05. The zero-order valence-corrected chi connectivity index (χ0v) is 12.0. The van der Waals surface area contributed by atoms with Gasteiger partial charge in [0, 0.05) is 12.1 Å². The molecule has 19 heavy (non-hydrogen) atoms. The molecular weight excluding hydrogens is 238 g/mol. The molecule has 0 aliphatic heterocycles. The van der Waals surface area contributed by atoms with Crippen molar-refractivity contribution in [3.8, 4) is 17.0 Å². The molecule has 2 rings (SSSR count). The van der Waals surface area contributed by atoms with Crippen LogP contribution in [0.3, 0.4) is 0 Å². The predicted octanol–water partition coefficient (Wildman–Crippen LogP) is 3.25. The van der Waals surface area contributed by atoms with E-state index in [0.29, 0.717) is 5.82 Å². The number of benzene rings is 1. The summed E-state index contributed by atoms with van der Waals surface area (Å²) in [5.74, 6) is 2.49. The molecule has 0 fully saturated rings. The Morgan fingerprint density at radius 3 is 2.68 bits per heavy atom. The molecular formula is C15H21N3O. The van der Waals surface area contributed by atoms with E-state index in [4.69, 9.17) is 10.5 Å². The zero-order chi connectivity index (χ0) is 14.0. The van der Waals surface area contributed by atoms with Crippen molar-refractivity contribution in [1.29, 1.82) is 0 Å². The number of aromatic nitrogens is 2. The van der Waals surface area contributed by atoms with Crippen molar-refractivity contribution in [3.63, 3.8) is 0 Å². The van der Waals surface area contributed by atoms with Gasteiger partial charge >= 0.3 is 0 Å². The maximum Gasteiger partial charge on any atom is 0.131 e. The molecule has 0 atom stereocenters. The van der Waals surface area contributed by atoms with E-state index < -0.39 is 0 Å². The molecule has 2 N–H and O–H groups in total. The molecule has 0 saturated heterocycles. The van der Waals surface area contributed by atoms with Crippen molar-refractivity contribution in [1.82, 2.24) is 9.55 Å². The summed E-state index contributed by atoms with van der Waals surface area (Å²) in [6, 6.07) is 7.90. The zero-order valence-electron chi connectivity index (χ0n) is 12.0. The van der Waals surface area contributed by atoms with E-state index in [1.807, 2.05) is 49.6 Å². The highest BCUT2D eigenvalue weighted by atomic mass is 16.5. The first kappa shape index (κ1) is 13.5. The maximum atomic E-state index is 6.16. The van der Waals surface area contributed by atoms with Gasteiger partial charge in [0.05, 0.1) is 6.10 Å². The first-order chi connectivity index (χ1) is 9.02. The molecule has 0 radical (unpaired) electrons. The molecule has 0 aliphatic rings. The average Bonchev–Trinajstić information content (AvgIpc) is 2.64. The van der Waals surface area contributed by atoms with Crippen LogP contribution in [0, 0.1) is 6.92 Å². The third-order valence-electron chi connectivity index (χ3n) is 2.99. The first-order valence-corrected chi connectivity index (χ1v) is 6.62. The molecule has 0 bridgehead atoms. The van der Waals surface area contributed by atoms with E-state index >= 15 is 0 Å². The van der Waals surface area contributed by atoms with Gasteiger partial charge < -0.3 is 15.0 Å². The number of aryl methyl sites for hydroxylation is 1. The lowest BCUT2D eigenvalue weighted by Gasteiger charge is -2.10. The van der Waals surface area contributed by atoms with Crippen LogP contribution in [-0.2, 0) is 6.54 Å². The highest BCUT2D eigenvalue weighted by Crippen LogP contribution is 2.29. The molecule has 1 aromatic carbocycles. The Balaban J connectivity index is 2.42. The van der Waals surface area contributed by atoms with Crippen LogP contribution >= 0.6 is 0 Å². The van der Waals surface area contributed by atoms with Crippen LogP contribution in [0.4, 0.5) is 5.82 Å². The molecule has 0 saturated carbocycles.